The standard InChI is InChI=1S/C12H15N3O5S/c1-9(2)14(7-3-6-13)21(19,20)10-4-5-12(16)11(8-10)15(17)18/h4-5,8-9,16H,3,7H2,1-2H3. The Morgan fingerprint density at radius 3 is 2.57 bits per heavy atom. The Labute approximate surface area is 122 Å². The van der Waals surface area contributed by atoms with E-state index in [2.05, 4.69) is 0 Å². The Morgan fingerprint density at radius 2 is 2.10 bits per heavy atom. The number of hydrogen-bond acceptors (Lipinski definition) is 6. The molecule has 1 N–H and O–H groups in total. The molecule has 114 valence electrons. The van der Waals surface area contributed by atoms with E-state index in [9.17, 15) is 23.6 Å². The highest BCUT2D eigenvalue weighted by Gasteiger charge is 2.29. The molecule has 0 aromatic heterocycles. The third-order valence-electron chi connectivity index (χ3n) is 2.77. The van der Waals surface area contributed by atoms with E-state index in [1.807, 2.05) is 6.07 Å². The Hall–Kier alpha value is -2.18. The van der Waals surface area contributed by atoms with Crippen LogP contribution in [0.4, 0.5) is 5.69 Å². The topological polar surface area (TPSA) is 125 Å². The van der Waals surface area contributed by atoms with Gasteiger partial charge in [0, 0.05) is 25.1 Å². The van der Waals surface area contributed by atoms with Crippen LogP contribution in [0.15, 0.2) is 23.1 Å². The first-order valence-electron chi connectivity index (χ1n) is 6.08. The fourth-order valence-electron chi connectivity index (χ4n) is 1.76. The summed E-state index contributed by atoms with van der Waals surface area (Å²) in [7, 11) is -3.98. The maximum atomic E-state index is 12.5. The Morgan fingerprint density at radius 1 is 1.48 bits per heavy atom. The molecule has 0 unspecified atom stereocenters. The van der Waals surface area contributed by atoms with Crippen molar-refractivity contribution in [1.82, 2.24) is 4.31 Å². The van der Waals surface area contributed by atoms with Crippen LogP contribution in [0, 0.1) is 21.4 Å². The second-order valence-electron chi connectivity index (χ2n) is 4.53. The second kappa shape index (κ2) is 6.51. The van der Waals surface area contributed by atoms with Crippen LogP contribution in [0.1, 0.15) is 20.3 Å². The lowest BCUT2D eigenvalue weighted by molar-refractivity contribution is -0.386. The monoisotopic (exact) mass is 313 g/mol. The van der Waals surface area contributed by atoms with Gasteiger partial charge in [0.25, 0.3) is 0 Å². The van der Waals surface area contributed by atoms with Gasteiger partial charge in [-0.05, 0) is 26.0 Å². The zero-order chi connectivity index (χ0) is 16.2. The molecule has 0 atom stereocenters. The molecule has 0 radical (unpaired) electrons. The maximum Gasteiger partial charge on any atom is 0.312 e. The summed E-state index contributed by atoms with van der Waals surface area (Å²) in [6, 6.07) is 4.33. The van der Waals surface area contributed by atoms with Gasteiger partial charge < -0.3 is 5.11 Å². The largest absolute Gasteiger partial charge is 0.502 e. The van der Waals surface area contributed by atoms with Crippen molar-refractivity contribution in [2.75, 3.05) is 6.54 Å². The molecule has 0 fully saturated rings. The molecular weight excluding hydrogens is 298 g/mol. The molecule has 0 bridgehead atoms. The van der Waals surface area contributed by atoms with Gasteiger partial charge in [-0.1, -0.05) is 0 Å². The number of sulfonamides is 1. The number of phenolic OH excluding ortho intramolecular Hbond substituents is 1. The number of rotatable bonds is 6. The summed E-state index contributed by atoms with van der Waals surface area (Å²) in [4.78, 5) is 9.62. The van der Waals surface area contributed by atoms with Gasteiger partial charge in [-0.2, -0.15) is 9.57 Å². The molecule has 9 heteroatoms. The van der Waals surface area contributed by atoms with Gasteiger partial charge in [0.05, 0.1) is 15.9 Å². The summed E-state index contributed by atoms with van der Waals surface area (Å²) < 4.78 is 26.0. The molecular formula is C12H15N3O5S. The highest BCUT2D eigenvalue weighted by atomic mass is 32.2. The van der Waals surface area contributed by atoms with Crippen molar-refractivity contribution in [1.29, 1.82) is 5.26 Å². The summed E-state index contributed by atoms with van der Waals surface area (Å²) in [5.74, 6) is -0.605. The normalized spacial score (nSPS) is 11.6. The first kappa shape index (κ1) is 16.9. The van der Waals surface area contributed by atoms with E-state index in [1.165, 1.54) is 0 Å². The van der Waals surface area contributed by atoms with Gasteiger partial charge in [0.2, 0.25) is 10.0 Å². The van der Waals surface area contributed by atoms with Gasteiger partial charge >= 0.3 is 5.69 Å². The summed E-state index contributed by atoms with van der Waals surface area (Å²) in [6.07, 6.45) is 0.0115. The molecule has 1 rings (SSSR count). The average Bonchev–Trinajstić information content (AvgIpc) is 2.38. The van der Waals surface area contributed by atoms with Gasteiger partial charge in [-0.3, -0.25) is 10.1 Å². The zero-order valence-corrected chi connectivity index (χ0v) is 12.4. The van der Waals surface area contributed by atoms with Crippen molar-refractivity contribution in [2.24, 2.45) is 0 Å². The molecule has 0 aliphatic rings. The van der Waals surface area contributed by atoms with Crippen LogP contribution >= 0.6 is 0 Å². The number of nitriles is 1. The van der Waals surface area contributed by atoms with Crippen molar-refractivity contribution in [2.45, 2.75) is 31.2 Å². The van der Waals surface area contributed by atoms with Crippen molar-refractivity contribution in [3.05, 3.63) is 28.3 Å². The molecule has 0 aliphatic carbocycles. The number of aromatic hydroxyl groups is 1. The smallest absolute Gasteiger partial charge is 0.312 e. The van der Waals surface area contributed by atoms with E-state index in [-0.39, 0.29) is 17.9 Å². The fraction of sp³-hybridized carbons (Fsp3) is 0.417. The van der Waals surface area contributed by atoms with E-state index < -0.39 is 32.4 Å². The van der Waals surface area contributed by atoms with E-state index >= 15 is 0 Å². The minimum atomic E-state index is -3.98. The Balaban J connectivity index is 3.32. The minimum Gasteiger partial charge on any atom is -0.502 e. The van der Waals surface area contributed by atoms with Crippen LogP contribution in [-0.4, -0.2) is 35.3 Å². The lowest BCUT2D eigenvalue weighted by Gasteiger charge is -2.24. The first-order valence-corrected chi connectivity index (χ1v) is 7.52. The van der Waals surface area contributed by atoms with E-state index in [0.717, 1.165) is 22.5 Å². The van der Waals surface area contributed by atoms with Crippen LogP contribution in [0.2, 0.25) is 0 Å². The van der Waals surface area contributed by atoms with Crippen molar-refractivity contribution in [3.63, 3.8) is 0 Å². The van der Waals surface area contributed by atoms with E-state index in [0.29, 0.717) is 0 Å². The predicted octanol–water partition coefficient (Wildman–Crippen LogP) is 1.61. The Kier molecular flexibility index (Phi) is 5.23. The van der Waals surface area contributed by atoms with Crippen molar-refractivity contribution in [3.8, 4) is 11.8 Å². The molecule has 0 heterocycles. The molecule has 1 aromatic carbocycles. The number of phenols is 1. The molecule has 0 saturated heterocycles. The van der Waals surface area contributed by atoms with Crippen molar-refractivity contribution >= 4 is 15.7 Å². The average molecular weight is 313 g/mol. The van der Waals surface area contributed by atoms with E-state index in [4.69, 9.17) is 5.26 Å². The number of nitro groups is 1. The molecule has 0 spiro atoms. The summed E-state index contributed by atoms with van der Waals surface area (Å²) in [5, 5.41) is 28.7. The molecule has 21 heavy (non-hydrogen) atoms. The second-order valence-corrected chi connectivity index (χ2v) is 6.42. The highest BCUT2D eigenvalue weighted by molar-refractivity contribution is 7.89. The third kappa shape index (κ3) is 3.68. The third-order valence-corrected chi connectivity index (χ3v) is 4.84. The van der Waals surface area contributed by atoms with Crippen LogP contribution in [0.5, 0.6) is 5.75 Å². The van der Waals surface area contributed by atoms with Gasteiger partial charge in [-0.25, -0.2) is 8.42 Å². The zero-order valence-electron chi connectivity index (χ0n) is 11.6. The van der Waals surface area contributed by atoms with Crippen LogP contribution < -0.4 is 0 Å². The van der Waals surface area contributed by atoms with Gasteiger partial charge in [0.1, 0.15) is 0 Å². The Bertz CT molecular complexity index is 679. The molecule has 1 aromatic rings. The lowest BCUT2D eigenvalue weighted by atomic mass is 10.3. The van der Waals surface area contributed by atoms with E-state index in [1.54, 1.807) is 13.8 Å². The summed E-state index contributed by atoms with van der Waals surface area (Å²) in [5.41, 5.74) is -0.680. The number of hydrogen-bond donors (Lipinski definition) is 1. The molecule has 0 amide bonds. The minimum absolute atomic E-state index is 0.00876. The van der Waals surface area contributed by atoms with Crippen LogP contribution in [-0.2, 0) is 10.0 Å². The number of benzene rings is 1. The molecule has 0 aliphatic heterocycles. The van der Waals surface area contributed by atoms with Gasteiger partial charge in [0.15, 0.2) is 5.75 Å². The summed E-state index contributed by atoms with van der Waals surface area (Å²) in [6.45, 7) is 3.28. The lowest BCUT2D eigenvalue weighted by Crippen LogP contribution is -2.37. The van der Waals surface area contributed by atoms with Crippen molar-refractivity contribution < 1.29 is 18.4 Å². The molecule has 0 saturated carbocycles. The molecule has 8 nitrogen and oxygen atoms in total. The van der Waals surface area contributed by atoms with Crippen LogP contribution in [0.25, 0.3) is 0 Å². The fourth-order valence-corrected chi connectivity index (χ4v) is 3.42. The number of nitro benzene ring substituents is 1. The first-order chi connectivity index (χ1) is 9.71. The van der Waals surface area contributed by atoms with Crippen LogP contribution in [0.3, 0.4) is 0 Å². The maximum absolute atomic E-state index is 12.5. The number of nitrogens with zero attached hydrogens (tertiary/aromatic N) is 3. The van der Waals surface area contributed by atoms with Gasteiger partial charge in [-0.15, -0.1) is 0 Å². The summed E-state index contributed by atoms with van der Waals surface area (Å²) >= 11 is 0. The highest BCUT2D eigenvalue weighted by Crippen LogP contribution is 2.30. The quantitative estimate of drug-likeness (QED) is 0.628. The SMILES string of the molecule is CC(C)N(CCC#N)S(=O)(=O)c1ccc(O)c([N+](=O)[O-])c1. The predicted molar refractivity (Wildman–Crippen MR) is 74.0 cm³/mol.